The predicted molar refractivity (Wildman–Crippen MR) is 78.0 cm³/mol. The molecule has 2 aromatic rings. The molecule has 1 aliphatic carbocycles. The van der Waals surface area contributed by atoms with Gasteiger partial charge in [0.15, 0.2) is 5.82 Å². The van der Waals surface area contributed by atoms with Crippen molar-refractivity contribution in [3.63, 3.8) is 0 Å². The average molecular weight is 253 g/mol. The van der Waals surface area contributed by atoms with Crippen molar-refractivity contribution in [3.05, 3.63) is 40.6 Å². The van der Waals surface area contributed by atoms with Crippen LogP contribution in [0.4, 0.5) is 5.82 Å². The van der Waals surface area contributed by atoms with Crippen LogP contribution in [0.5, 0.6) is 0 Å². The van der Waals surface area contributed by atoms with Gasteiger partial charge in [0.1, 0.15) is 5.82 Å². The molecule has 0 amide bonds. The van der Waals surface area contributed by atoms with E-state index in [0.29, 0.717) is 5.82 Å². The maximum atomic E-state index is 6.11. The van der Waals surface area contributed by atoms with Crippen LogP contribution in [0.2, 0.25) is 0 Å². The molecule has 3 heteroatoms. The summed E-state index contributed by atoms with van der Waals surface area (Å²) in [5, 5.41) is 0. The summed E-state index contributed by atoms with van der Waals surface area (Å²) in [7, 11) is 0. The molecule has 19 heavy (non-hydrogen) atoms. The highest BCUT2D eigenvalue weighted by Crippen LogP contribution is 2.28. The summed E-state index contributed by atoms with van der Waals surface area (Å²) in [4.78, 5) is 9.26. The number of anilines is 1. The summed E-state index contributed by atoms with van der Waals surface area (Å²) in [6, 6.07) is 6.35. The average Bonchev–Trinajstić information content (AvgIpc) is 2.38. The number of nitrogens with two attached hydrogens (primary N) is 1. The molecular weight excluding hydrogens is 234 g/mol. The molecule has 0 atom stereocenters. The fraction of sp³-hybridized carbons (Fsp3) is 0.375. The first-order valence-electron chi connectivity index (χ1n) is 6.88. The fourth-order valence-electron chi connectivity index (χ4n) is 2.81. The van der Waals surface area contributed by atoms with E-state index in [1.165, 1.54) is 29.5 Å². The van der Waals surface area contributed by atoms with Crippen molar-refractivity contribution in [2.75, 3.05) is 5.73 Å². The minimum atomic E-state index is 0.666. The van der Waals surface area contributed by atoms with Crippen LogP contribution >= 0.6 is 0 Å². The third-order valence-electron chi connectivity index (χ3n) is 3.84. The SMILES string of the molecule is Cc1ccc(-c2nc(N)c3c(n2)CCCC3)c(C)c1. The Hall–Kier alpha value is -1.90. The zero-order valence-corrected chi connectivity index (χ0v) is 11.5. The molecule has 1 aromatic heterocycles. The molecule has 2 N–H and O–H groups in total. The summed E-state index contributed by atoms with van der Waals surface area (Å²) in [5.74, 6) is 1.44. The highest BCUT2D eigenvalue weighted by Gasteiger charge is 2.17. The number of aryl methyl sites for hydroxylation is 3. The molecule has 0 unspecified atom stereocenters. The van der Waals surface area contributed by atoms with E-state index in [-0.39, 0.29) is 0 Å². The van der Waals surface area contributed by atoms with Gasteiger partial charge >= 0.3 is 0 Å². The van der Waals surface area contributed by atoms with Gasteiger partial charge in [0, 0.05) is 16.8 Å². The van der Waals surface area contributed by atoms with Gasteiger partial charge in [0.25, 0.3) is 0 Å². The quantitative estimate of drug-likeness (QED) is 0.849. The first-order chi connectivity index (χ1) is 9.15. The van der Waals surface area contributed by atoms with E-state index in [1.807, 2.05) is 0 Å². The summed E-state index contributed by atoms with van der Waals surface area (Å²) >= 11 is 0. The molecule has 0 aliphatic heterocycles. The van der Waals surface area contributed by atoms with E-state index < -0.39 is 0 Å². The van der Waals surface area contributed by atoms with Crippen molar-refractivity contribution < 1.29 is 0 Å². The standard InChI is InChI=1S/C16H19N3/c1-10-7-8-12(11(2)9-10)16-18-14-6-4-3-5-13(14)15(17)19-16/h7-9H,3-6H2,1-2H3,(H2,17,18,19). The number of hydrogen-bond donors (Lipinski definition) is 1. The molecule has 98 valence electrons. The predicted octanol–water partition coefficient (Wildman–Crippen LogP) is 3.22. The molecule has 3 nitrogen and oxygen atoms in total. The normalized spacial score (nSPS) is 14.2. The Morgan fingerprint density at radius 2 is 1.84 bits per heavy atom. The number of aromatic nitrogens is 2. The monoisotopic (exact) mass is 253 g/mol. The minimum Gasteiger partial charge on any atom is -0.383 e. The van der Waals surface area contributed by atoms with Crippen LogP contribution in [0.15, 0.2) is 18.2 Å². The molecular formula is C16H19N3. The number of hydrogen-bond acceptors (Lipinski definition) is 3. The van der Waals surface area contributed by atoms with E-state index in [0.717, 1.165) is 29.9 Å². The third-order valence-corrected chi connectivity index (χ3v) is 3.84. The zero-order valence-electron chi connectivity index (χ0n) is 11.5. The van der Waals surface area contributed by atoms with Gasteiger partial charge in [-0.05, 0) is 45.1 Å². The fourth-order valence-corrected chi connectivity index (χ4v) is 2.81. The van der Waals surface area contributed by atoms with Crippen LogP contribution < -0.4 is 5.73 Å². The van der Waals surface area contributed by atoms with Gasteiger partial charge in [-0.3, -0.25) is 0 Å². The summed E-state index contributed by atoms with van der Waals surface area (Å²) in [6.45, 7) is 4.19. The lowest BCUT2D eigenvalue weighted by atomic mass is 9.96. The van der Waals surface area contributed by atoms with Gasteiger partial charge in [-0.25, -0.2) is 9.97 Å². The van der Waals surface area contributed by atoms with E-state index in [1.54, 1.807) is 0 Å². The Balaban J connectivity index is 2.13. The smallest absolute Gasteiger partial charge is 0.162 e. The van der Waals surface area contributed by atoms with Gasteiger partial charge < -0.3 is 5.73 Å². The van der Waals surface area contributed by atoms with Crippen LogP contribution in [0.25, 0.3) is 11.4 Å². The van der Waals surface area contributed by atoms with Gasteiger partial charge in [-0.15, -0.1) is 0 Å². The molecule has 0 bridgehead atoms. The van der Waals surface area contributed by atoms with Crippen LogP contribution in [0.1, 0.15) is 35.2 Å². The zero-order chi connectivity index (χ0) is 13.4. The molecule has 1 aromatic carbocycles. The van der Waals surface area contributed by atoms with Gasteiger partial charge in [0.05, 0.1) is 0 Å². The number of nitrogens with zero attached hydrogens (tertiary/aromatic N) is 2. The highest BCUT2D eigenvalue weighted by molar-refractivity contribution is 5.63. The molecule has 0 saturated carbocycles. The Morgan fingerprint density at radius 1 is 1.05 bits per heavy atom. The third kappa shape index (κ3) is 2.21. The summed E-state index contributed by atoms with van der Waals surface area (Å²) < 4.78 is 0. The van der Waals surface area contributed by atoms with Crippen molar-refractivity contribution in [3.8, 4) is 11.4 Å². The van der Waals surface area contributed by atoms with Crippen molar-refractivity contribution in [1.82, 2.24) is 9.97 Å². The van der Waals surface area contributed by atoms with E-state index in [4.69, 9.17) is 10.7 Å². The number of nitrogen functional groups attached to an aromatic ring is 1. The summed E-state index contributed by atoms with van der Waals surface area (Å²) in [6.07, 6.45) is 4.45. The first kappa shape index (κ1) is 12.2. The van der Waals surface area contributed by atoms with E-state index in [2.05, 4.69) is 37.0 Å². The molecule has 0 spiro atoms. The number of benzene rings is 1. The lowest BCUT2D eigenvalue weighted by Gasteiger charge is -2.17. The van der Waals surface area contributed by atoms with Crippen molar-refractivity contribution in [1.29, 1.82) is 0 Å². The van der Waals surface area contributed by atoms with Crippen molar-refractivity contribution >= 4 is 5.82 Å². The topological polar surface area (TPSA) is 51.8 Å². The molecule has 0 fully saturated rings. The molecule has 1 aliphatic rings. The van der Waals surface area contributed by atoms with Crippen molar-refractivity contribution in [2.24, 2.45) is 0 Å². The number of rotatable bonds is 1. The molecule has 3 rings (SSSR count). The van der Waals surface area contributed by atoms with Crippen LogP contribution in [0, 0.1) is 13.8 Å². The van der Waals surface area contributed by atoms with Gasteiger partial charge in [0.2, 0.25) is 0 Å². The Bertz CT molecular complexity index is 632. The summed E-state index contributed by atoms with van der Waals surface area (Å²) in [5.41, 5.74) is 12.0. The molecule has 0 saturated heterocycles. The lowest BCUT2D eigenvalue weighted by molar-refractivity contribution is 0.666. The van der Waals surface area contributed by atoms with E-state index in [9.17, 15) is 0 Å². The largest absolute Gasteiger partial charge is 0.383 e. The Morgan fingerprint density at radius 3 is 2.63 bits per heavy atom. The van der Waals surface area contributed by atoms with Gasteiger partial charge in [-0.1, -0.05) is 23.8 Å². The number of fused-ring (bicyclic) bond motifs is 1. The van der Waals surface area contributed by atoms with E-state index >= 15 is 0 Å². The van der Waals surface area contributed by atoms with Crippen molar-refractivity contribution in [2.45, 2.75) is 39.5 Å². The highest BCUT2D eigenvalue weighted by atomic mass is 15.0. The second-order valence-electron chi connectivity index (χ2n) is 5.38. The van der Waals surface area contributed by atoms with Crippen LogP contribution in [0.3, 0.4) is 0 Å². The molecule has 0 radical (unpaired) electrons. The maximum Gasteiger partial charge on any atom is 0.162 e. The minimum absolute atomic E-state index is 0.666. The second-order valence-corrected chi connectivity index (χ2v) is 5.38. The molecule has 1 heterocycles. The maximum absolute atomic E-state index is 6.11. The van der Waals surface area contributed by atoms with Crippen LogP contribution in [-0.2, 0) is 12.8 Å². The van der Waals surface area contributed by atoms with Crippen LogP contribution in [-0.4, -0.2) is 9.97 Å². The van der Waals surface area contributed by atoms with Gasteiger partial charge in [-0.2, -0.15) is 0 Å². The lowest BCUT2D eigenvalue weighted by Crippen LogP contribution is -2.12. The second kappa shape index (κ2) is 4.65. The first-order valence-corrected chi connectivity index (χ1v) is 6.88. The Kier molecular flexibility index (Phi) is 2.97. The Labute approximate surface area is 113 Å².